The molecule has 0 spiro atoms. The van der Waals surface area contributed by atoms with E-state index < -0.39 is 0 Å². The lowest BCUT2D eigenvalue weighted by Gasteiger charge is -2.10. The summed E-state index contributed by atoms with van der Waals surface area (Å²) in [5.74, 6) is 0. The van der Waals surface area contributed by atoms with Crippen LogP contribution < -0.4 is 5.73 Å². The first-order chi connectivity index (χ1) is 10.8. The third-order valence-electron chi connectivity index (χ3n) is 3.72. The van der Waals surface area contributed by atoms with Crippen LogP contribution in [-0.4, -0.2) is 8.75 Å². The van der Waals surface area contributed by atoms with E-state index >= 15 is 0 Å². The lowest BCUT2D eigenvalue weighted by molar-refractivity contribution is 1.57. The average molecular weight is 303 g/mol. The van der Waals surface area contributed by atoms with Crippen LogP contribution in [0.25, 0.3) is 33.3 Å². The van der Waals surface area contributed by atoms with Crippen molar-refractivity contribution in [1.82, 2.24) is 8.75 Å². The summed E-state index contributed by atoms with van der Waals surface area (Å²) < 4.78 is 8.99. The molecular formula is C18H13N3S. The van der Waals surface area contributed by atoms with Gasteiger partial charge in [-0.05, 0) is 17.2 Å². The maximum Gasteiger partial charge on any atom is 0.115 e. The minimum atomic E-state index is 0.727. The number of benzene rings is 3. The Morgan fingerprint density at radius 3 is 2.00 bits per heavy atom. The van der Waals surface area contributed by atoms with Crippen LogP contribution in [0.15, 0.2) is 66.7 Å². The van der Waals surface area contributed by atoms with Gasteiger partial charge in [-0.2, -0.15) is 8.75 Å². The van der Waals surface area contributed by atoms with Crippen molar-refractivity contribution >= 4 is 28.4 Å². The molecule has 22 heavy (non-hydrogen) atoms. The largest absolute Gasteiger partial charge is 0.398 e. The van der Waals surface area contributed by atoms with Gasteiger partial charge in [-0.3, -0.25) is 0 Å². The molecule has 0 aliphatic rings. The number of anilines is 1. The molecule has 0 atom stereocenters. The summed E-state index contributed by atoms with van der Waals surface area (Å²) in [6.07, 6.45) is 0. The van der Waals surface area contributed by atoms with Crippen LogP contribution in [0.1, 0.15) is 0 Å². The van der Waals surface area contributed by atoms with E-state index in [9.17, 15) is 0 Å². The van der Waals surface area contributed by atoms with E-state index in [0.717, 1.165) is 39.0 Å². The van der Waals surface area contributed by atoms with Gasteiger partial charge in [0.1, 0.15) is 11.0 Å². The van der Waals surface area contributed by atoms with Crippen LogP contribution in [0.4, 0.5) is 5.69 Å². The van der Waals surface area contributed by atoms with Crippen LogP contribution in [0.3, 0.4) is 0 Å². The highest BCUT2D eigenvalue weighted by Crippen LogP contribution is 2.38. The summed E-state index contributed by atoms with van der Waals surface area (Å²) in [4.78, 5) is 0. The normalized spacial score (nSPS) is 10.9. The first-order valence-corrected chi connectivity index (χ1v) is 7.73. The highest BCUT2D eigenvalue weighted by Gasteiger charge is 2.16. The summed E-state index contributed by atoms with van der Waals surface area (Å²) in [7, 11) is 0. The highest BCUT2D eigenvalue weighted by molar-refractivity contribution is 7.00. The maximum absolute atomic E-state index is 6.35. The van der Waals surface area contributed by atoms with Crippen molar-refractivity contribution < 1.29 is 0 Å². The predicted octanol–water partition coefficient (Wildman–Crippen LogP) is 4.61. The molecule has 0 amide bonds. The minimum Gasteiger partial charge on any atom is -0.398 e. The summed E-state index contributed by atoms with van der Waals surface area (Å²) in [5, 5.41) is 0. The van der Waals surface area contributed by atoms with Crippen molar-refractivity contribution in [3.8, 4) is 22.3 Å². The van der Waals surface area contributed by atoms with Crippen molar-refractivity contribution in [3.63, 3.8) is 0 Å². The van der Waals surface area contributed by atoms with Crippen molar-refractivity contribution in [2.75, 3.05) is 5.73 Å². The zero-order chi connectivity index (χ0) is 14.9. The van der Waals surface area contributed by atoms with Gasteiger partial charge in [-0.25, -0.2) is 0 Å². The smallest absolute Gasteiger partial charge is 0.115 e. The molecule has 0 aliphatic heterocycles. The number of nitrogens with zero attached hydrogens (tertiary/aromatic N) is 2. The Morgan fingerprint density at radius 1 is 0.727 bits per heavy atom. The molecule has 0 saturated carbocycles. The maximum atomic E-state index is 6.35. The second kappa shape index (κ2) is 5.24. The average Bonchev–Trinajstić information content (AvgIpc) is 3.05. The fourth-order valence-electron chi connectivity index (χ4n) is 2.71. The summed E-state index contributed by atoms with van der Waals surface area (Å²) in [6, 6.07) is 22.3. The van der Waals surface area contributed by atoms with Crippen molar-refractivity contribution in [1.29, 1.82) is 0 Å². The van der Waals surface area contributed by atoms with Gasteiger partial charge in [0, 0.05) is 16.8 Å². The fraction of sp³-hybridized carbons (Fsp3) is 0. The third kappa shape index (κ3) is 2.05. The van der Waals surface area contributed by atoms with Crippen LogP contribution >= 0.6 is 11.7 Å². The number of fused-ring (bicyclic) bond motifs is 1. The Morgan fingerprint density at radius 2 is 1.32 bits per heavy atom. The number of hydrogen-bond donors (Lipinski definition) is 1. The Balaban J connectivity index is 2.04. The van der Waals surface area contributed by atoms with Gasteiger partial charge in [0.2, 0.25) is 0 Å². The number of rotatable bonds is 2. The molecule has 106 valence electrons. The van der Waals surface area contributed by atoms with Gasteiger partial charge in [-0.1, -0.05) is 60.7 Å². The summed E-state index contributed by atoms with van der Waals surface area (Å²) >= 11 is 1.22. The van der Waals surface area contributed by atoms with E-state index in [1.165, 1.54) is 11.7 Å². The molecule has 0 saturated heterocycles. The SMILES string of the molecule is Nc1cc(-c2ccccc2)c2nsnc2c1-c1ccccc1. The quantitative estimate of drug-likeness (QED) is 0.550. The number of nitrogen functional groups attached to an aromatic ring is 1. The molecule has 3 nitrogen and oxygen atoms in total. The standard InChI is InChI=1S/C18H13N3S/c19-15-11-14(12-7-3-1-4-8-12)17-18(21-22-20-17)16(15)13-9-5-2-6-10-13/h1-11H,19H2. The molecule has 2 N–H and O–H groups in total. The van der Waals surface area contributed by atoms with E-state index in [2.05, 4.69) is 20.9 Å². The molecule has 4 heteroatoms. The minimum absolute atomic E-state index is 0.727. The molecule has 3 aromatic carbocycles. The Kier molecular flexibility index (Phi) is 3.09. The number of aromatic nitrogens is 2. The molecule has 0 fully saturated rings. The zero-order valence-corrected chi connectivity index (χ0v) is 12.5. The van der Waals surface area contributed by atoms with E-state index in [-0.39, 0.29) is 0 Å². The molecule has 0 aliphatic carbocycles. The van der Waals surface area contributed by atoms with Gasteiger partial charge < -0.3 is 5.73 Å². The van der Waals surface area contributed by atoms with E-state index in [1.807, 2.05) is 54.6 Å². The lowest BCUT2D eigenvalue weighted by atomic mass is 9.96. The Hall–Kier alpha value is -2.72. The third-order valence-corrected chi connectivity index (χ3v) is 4.24. The Labute approximate surface area is 132 Å². The van der Waals surface area contributed by atoms with E-state index in [1.54, 1.807) is 0 Å². The first-order valence-electron chi connectivity index (χ1n) is 7.00. The van der Waals surface area contributed by atoms with Gasteiger partial charge >= 0.3 is 0 Å². The molecular weight excluding hydrogens is 290 g/mol. The lowest BCUT2D eigenvalue weighted by Crippen LogP contribution is -1.94. The van der Waals surface area contributed by atoms with Crippen LogP contribution in [0, 0.1) is 0 Å². The van der Waals surface area contributed by atoms with Gasteiger partial charge in [0.25, 0.3) is 0 Å². The van der Waals surface area contributed by atoms with Crippen LogP contribution in [0.5, 0.6) is 0 Å². The number of nitrogens with two attached hydrogens (primary N) is 1. The molecule has 0 unspecified atom stereocenters. The summed E-state index contributed by atoms with van der Waals surface area (Å²) in [5.41, 5.74) is 13.0. The molecule has 0 bridgehead atoms. The van der Waals surface area contributed by atoms with Crippen molar-refractivity contribution in [2.24, 2.45) is 0 Å². The predicted molar refractivity (Wildman–Crippen MR) is 92.7 cm³/mol. The van der Waals surface area contributed by atoms with Gasteiger partial charge in [0.05, 0.1) is 11.7 Å². The highest BCUT2D eigenvalue weighted by atomic mass is 32.1. The van der Waals surface area contributed by atoms with E-state index in [0.29, 0.717) is 0 Å². The van der Waals surface area contributed by atoms with Crippen LogP contribution in [0.2, 0.25) is 0 Å². The topological polar surface area (TPSA) is 51.8 Å². The van der Waals surface area contributed by atoms with Crippen LogP contribution in [-0.2, 0) is 0 Å². The second-order valence-electron chi connectivity index (χ2n) is 5.08. The molecule has 4 rings (SSSR count). The first kappa shape index (κ1) is 13.0. The Bertz CT molecular complexity index is 931. The zero-order valence-electron chi connectivity index (χ0n) is 11.7. The van der Waals surface area contributed by atoms with Gasteiger partial charge in [-0.15, -0.1) is 0 Å². The molecule has 1 aromatic heterocycles. The summed E-state index contributed by atoms with van der Waals surface area (Å²) in [6.45, 7) is 0. The molecule has 1 heterocycles. The monoisotopic (exact) mass is 303 g/mol. The molecule has 4 aromatic rings. The second-order valence-corrected chi connectivity index (χ2v) is 5.61. The number of hydrogen-bond acceptors (Lipinski definition) is 4. The molecule has 0 radical (unpaired) electrons. The van der Waals surface area contributed by atoms with E-state index in [4.69, 9.17) is 5.73 Å². The fourth-order valence-corrected chi connectivity index (χ4v) is 3.27. The van der Waals surface area contributed by atoms with Crippen molar-refractivity contribution in [2.45, 2.75) is 0 Å². The van der Waals surface area contributed by atoms with Gasteiger partial charge in [0.15, 0.2) is 0 Å². The van der Waals surface area contributed by atoms with Crippen molar-refractivity contribution in [3.05, 3.63) is 66.7 Å².